The van der Waals surface area contributed by atoms with E-state index in [2.05, 4.69) is 21.0 Å². The van der Waals surface area contributed by atoms with Crippen molar-refractivity contribution in [2.75, 3.05) is 0 Å². The van der Waals surface area contributed by atoms with Gasteiger partial charge >= 0.3 is 6.09 Å². The second kappa shape index (κ2) is 6.15. The summed E-state index contributed by atoms with van der Waals surface area (Å²) in [5.41, 5.74) is 3.60. The predicted molar refractivity (Wildman–Crippen MR) is 88.0 cm³/mol. The van der Waals surface area contributed by atoms with Gasteiger partial charge in [0.2, 0.25) is 0 Å². The minimum absolute atomic E-state index is 0.586. The van der Waals surface area contributed by atoms with Crippen LogP contribution in [0.4, 0.5) is 4.79 Å². The van der Waals surface area contributed by atoms with E-state index in [1.54, 1.807) is 6.20 Å². The number of hydrogen-bond acceptors (Lipinski definition) is 2. The molecule has 110 valence electrons. The minimum atomic E-state index is -1.09. The Kier molecular flexibility index (Phi) is 4.06. The SMILES string of the molecule is O=C(O)n1cc(-c2cccc(Br)c2)c(Cc2ccccc2)n1. The zero-order valence-electron chi connectivity index (χ0n) is 11.6. The van der Waals surface area contributed by atoms with Crippen molar-refractivity contribution >= 4 is 22.0 Å². The maximum absolute atomic E-state index is 11.2. The van der Waals surface area contributed by atoms with E-state index < -0.39 is 6.09 Å². The van der Waals surface area contributed by atoms with Crippen LogP contribution >= 0.6 is 15.9 Å². The first-order chi connectivity index (χ1) is 10.6. The lowest BCUT2D eigenvalue weighted by molar-refractivity contribution is 0.192. The molecule has 0 aliphatic rings. The number of carboxylic acid groups (broad SMARTS) is 1. The number of halogens is 1. The number of rotatable bonds is 3. The van der Waals surface area contributed by atoms with Crippen molar-refractivity contribution in [1.82, 2.24) is 9.78 Å². The Hall–Kier alpha value is -2.40. The third-order valence-electron chi connectivity index (χ3n) is 3.34. The summed E-state index contributed by atoms with van der Waals surface area (Å²) in [5, 5.41) is 13.4. The molecule has 0 radical (unpaired) electrons. The molecule has 0 saturated carbocycles. The molecule has 3 rings (SSSR count). The quantitative estimate of drug-likeness (QED) is 0.755. The number of carbonyl (C=O) groups is 1. The highest BCUT2D eigenvalue weighted by molar-refractivity contribution is 9.10. The lowest BCUT2D eigenvalue weighted by Crippen LogP contribution is -2.08. The molecule has 1 N–H and O–H groups in total. The fourth-order valence-electron chi connectivity index (χ4n) is 2.32. The van der Waals surface area contributed by atoms with Gasteiger partial charge in [-0.1, -0.05) is 58.4 Å². The summed E-state index contributed by atoms with van der Waals surface area (Å²) in [4.78, 5) is 11.2. The Balaban J connectivity index is 2.06. The van der Waals surface area contributed by atoms with Crippen molar-refractivity contribution in [2.45, 2.75) is 6.42 Å². The maximum Gasteiger partial charge on any atom is 0.432 e. The Labute approximate surface area is 136 Å². The summed E-state index contributed by atoms with van der Waals surface area (Å²) in [5.74, 6) is 0. The van der Waals surface area contributed by atoms with Crippen LogP contribution in [0.2, 0.25) is 0 Å². The second-order valence-corrected chi connectivity index (χ2v) is 5.81. The molecule has 0 amide bonds. The number of hydrogen-bond donors (Lipinski definition) is 1. The van der Waals surface area contributed by atoms with Crippen LogP contribution in [0, 0.1) is 0 Å². The lowest BCUT2D eigenvalue weighted by Gasteiger charge is -2.03. The van der Waals surface area contributed by atoms with Crippen LogP contribution in [-0.4, -0.2) is 21.0 Å². The van der Waals surface area contributed by atoms with Gasteiger partial charge in [0, 0.05) is 22.7 Å². The first-order valence-electron chi connectivity index (χ1n) is 6.75. The zero-order chi connectivity index (χ0) is 15.5. The monoisotopic (exact) mass is 356 g/mol. The van der Waals surface area contributed by atoms with Crippen LogP contribution in [0.3, 0.4) is 0 Å². The lowest BCUT2D eigenvalue weighted by atomic mass is 10.0. The van der Waals surface area contributed by atoms with Crippen LogP contribution in [0.15, 0.2) is 65.3 Å². The van der Waals surface area contributed by atoms with E-state index in [0.717, 1.165) is 31.5 Å². The summed E-state index contributed by atoms with van der Waals surface area (Å²) in [6.45, 7) is 0. The van der Waals surface area contributed by atoms with Crippen LogP contribution < -0.4 is 0 Å². The summed E-state index contributed by atoms with van der Waals surface area (Å²) >= 11 is 3.44. The molecule has 0 aliphatic heterocycles. The second-order valence-electron chi connectivity index (χ2n) is 4.89. The van der Waals surface area contributed by atoms with E-state index in [4.69, 9.17) is 0 Å². The molecule has 0 spiro atoms. The average Bonchev–Trinajstić information content (AvgIpc) is 2.92. The van der Waals surface area contributed by atoms with Crippen LogP contribution in [-0.2, 0) is 6.42 Å². The Morgan fingerprint density at radius 2 is 1.91 bits per heavy atom. The van der Waals surface area contributed by atoms with Gasteiger partial charge in [-0.3, -0.25) is 0 Å². The molecule has 22 heavy (non-hydrogen) atoms. The molecule has 5 heteroatoms. The molecule has 1 aromatic heterocycles. The van der Waals surface area contributed by atoms with E-state index >= 15 is 0 Å². The normalized spacial score (nSPS) is 10.6. The molecular formula is C17H13BrN2O2. The van der Waals surface area contributed by atoms with Gasteiger partial charge in [-0.2, -0.15) is 9.78 Å². The van der Waals surface area contributed by atoms with Gasteiger partial charge in [0.05, 0.1) is 5.69 Å². The van der Waals surface area contributed by atoms with Gasteiger partial charge in [-0.25, -0.2) is 4.79 Å². The van der Waals surface area contributed by atoms with Crippen molar-refractivity contribution in [2.24, 2.45) is 0 Å². The zero-order valence-corrected chi connectivity index (χ0v) is 13.2. The highest BCUT2D eigenvalue weighted by atomic mass is 79.9. The van der Waals surface area contributed by atoms with Gasteiger partial charge in [0.25, 0.3) is 0 Å². The molecule has 3 aromatic rings. The number of benzene rings is 2. The Morgan fingerprint density at radius 3 is 2.59 bits per heavy atom. The Morgan fingerprint density at radius 1 is 1.14 bits per heavy atom. The third-order valence-corrected chi connectivity index (χ3v) is 3.83. The molecule has 0 aliphatic carbocycles. The molecule has 0 saturated heterocycles. The fraction of sp³-hybridized carbons (Fsp3) is 0.0588. The highest BCUT2D eigenvalue weighted by Crippen LogP contribution is 2.27. The smallest absolute Gasteiger partial charge is 0.432 e. The van der Waals surface area contributed by atoms with Crippen molar-refractivity contribution in [3.63, 3.8) is 0 Å². The Bertz CT molecular complexity index is 813. The van der Waals surface area contributed by atoms with Gasteiger partial charge in [0.15, 0.2) is 0 Å². The molecule has 2 aromatic carbocycles. The van der Waals surface area contributed by atoms with Gasteiger partial charge in [-0.05, 0) is 23.3 Å². The van der Waals surface area contributed by atoms with Gasteiger partial charge < -0.3 is 5.11 Å². The van der Waals surface area contributed by atoms with Gasteiger partial charge in [-0.15, -0.1) is 0 Å². The van der Waals surface area contributed by atoms with Crippen LogP contribution in [0.5, 0.6) is 0 Å². The standard InChI is InChI=1S/C17H13BrN2O2/c18-14-8-4-7-13(10-14)15-11-20(17(21)22)19-16(15)9-12-5-2-1-3-6-12/h1-8,10-11H,9H2,(H,21,22). The number of aromatic nitrogens is 2. The molecule has 0 fully saturated rings. The predicted octanol–water partition coefficient (Wildman–Crippen LogP) is 4.43. The van der Waals surface area contributed by atoms with Crippen molar-refractivity contribution in [3.05, 3.63) is 76.5 Å². The topological polar surface area (TPSA) is 55.1 Å². The summed E-state index contributed by atoms with van der Waals surface area (Å²) < 4.78 is 1.91. The largest absolute Gasteiger partial charge is 0.463 e. The van der Waals surface area contributed by atoms with E-state index in [1.807, 2.05) is 54.6 Å². The molecule has 0 unspecified atom stereocenters. The molecule has 1 heterocycles. The number of nitrogens with zero attached hydrogens (tertiary/aromatic N) is 2. The van der Waals surface area contributed by atoms with Crippen molar-refractivity contribution in [1.29, 1.82) is 0 Å². The molecule has 0 atom stereocenters. The first kappa shape index (κ1) is 14.5. The first-order valence-corrected chi connectivity index (χ1v) is 7.54. The average molecular weight is 357 g/mol. The maximum atomic E-state index is 11.2. The highest BCUT2D eigenvalue weighted by Gasteiger charge is 2.14. The van der Waals surface area contributed by atoms with E-state index in [-0.39, 0.29) is 0 Å². The minimum Gasteiger partial charge on any atom is -0.463 e. The van der Waals surface area contributed by atoms with Crippen molar-refractivity contribution in [3.8, 4) is 11.1 Å². The summed E-state index contributed by atoms with van der Waals surface area (Å²) in [6, 6.07) is 17.6. The van der Waals surface area contributed by atoms with E-state index in [1.165, 1.54) is 0 Å². The molecule has 0 bridgehead atoms. The van der Waals surface area contributed by atoms with Crippen LogP contribution in [0.25, 0.3) is 11.1 Å². The fourth-order valence-corrected chi connectivity index (χ4v) is 2.72. The third kappa shape index (κ3) is 3.09. The molecule has 4 nitrogen and oxygen atoms in total. The van der Waals surface area contributed by atoms with Gasteiger partial charge in [0.1, 0.15) is 0 Å². The van der Waals surface area contributed by atoms with Crippen molar-refractivity contribution < 1.29 is 9.90 Å². The summed E-state index contributed by atoms with van der Waals surface area (Å²) in [7, 11) is 0. The summed E-state index contributed by atoms with van der Waals surface area (Å²) in [6.07, 6.45) is 1.06. The van der Waals surface area contributed by atoms with Crippen LogP contribution in [0.1, 0.15) is 11.3 Å². The van der Waals surface area contributed by atoms with E-state index in [9.17, 15) is 9.90 Å². The molecular weight excluding hydrogens is 344 g/mol. The van der Waals surface area contributed by atoms with E-state index in [0.29, 0.717) is 6.42 Å².